The van der Waals surface area contributed by atoms with E-state index >= 15 is 0 Å². The zero-order valence-corrected chi connectivity index (χ0v) is 16.8. The van der Waals surface area contributed by atoms with Crippen LogP contribution in [0.15, 0.2) is 30.3 Å². The summed E-state index contributed by atoms with van der Waals surface area (Å²) < 4.78 is 19.0. The minimum atomic E-state index is 0.258. The van der Waals surface area contributed by atoms with Gasteiger partial charge in [-0.15, -0.1) is 0 Å². The van der Waals surface area contributed by atoms with Crippen LogP contribution in [-0.4, -0.2) is 31.1 Å². The number of hydrogen-bond donors (Lipinski definition) is 1. The Morgan fingerprint density at radius 1 is 1.00 bits per heavy atom. The van der Waals surface area contributed by atoms with E-state index in [0.717, 1.165) is 64.1 Å². The minimum absolute atomic E-state index is 0.258. The van der Waals surface area contributed by atoms with Gasteiger partial charge in [-0.1, -0.05) is 23.2 Å². The first-order valence-corrected chi connectivity index (χ1v) is 10.2. The fourth-order valence-corrected chi connectivity index (χ4v) is 4.63. The molecule has 5 rings (SSSR count). The van der Waals surface area contributed by atoms with Crippen LogP contribution < -0.4 is 19.5 Å². The Hall–Kier alpha value is -2.08. The van der Waals surface area contributed by atoms with Crippen molar-refractivity contribution >= 4 is 34.1 Å². The monoisotopic (exact) mass is 418 g/mol. The van der Waals surface area contributed by atoms with E-state index < -0.39 is 0 Å². The minimum Gasteiger partial charge on any atom is -0.492 e. The molecule has 2 aliphatic rings. The van der Waals surface area contributed by atoms with Gasteiger partial charge in [-0.25, -0.2) is 0 Å². The maximum absolute atomic E-state index is 6.59. The molecular weight excluding hydrogens is 399 g/mol. The van der Waals surface area contributed by atoms with E-state index in [1.54, 1.807) is 0 Å². The maximum Gasteiger partial charge on any atom is 0.231 e. The van der Waals surface area contributed by atoms with Crippen molar-refractivity contribution in [3.05, 3.63) is 51.6 Å². The highest BCUT2D eigenvalue weighted by Gasteiger charge is 2.22. The van der Waals surface area contributed by atoms with Crippen LogP contribution in [0.4, 0.5) is 0 Å². The van der Waals surface area contributed by atoms with Gasteiger partial charge in [0.15, 0.2) is 11.5 Å². The first-order chi connectivity index (χ1) is 13.7. The van der Waals surface area contributed by atoms with Crippen molar-refractivity contribution in [1.29, 1.82) is 0 Å². The summed E-state index contributed by atoms with van der Waals surface area (Å²) in [6.45, 7) is 3.37. The van der Waals surface area contributed by atoms with Gasteiger partial charge < -0.3 is 24.1 Å². The van der Waals surface area contributed by atoms with E-state index in [-0.39, 0.29) is 6.79 Å². The van der Waals surface area contributed by atoms with Gasteiger partial charge in [0.2, 0.25) is 6.79 Å². The van der Waals surface area contributed by atoms with Crippen molar-refractivity contribution in [3.8, 4) is 17.2 Å². The van der Waals surface area contributed by atoms with Crippen molar-refractivity contribution in [1.82, 2.24) is 9.88 Å². The highest BCUT2D eigenvalue weighted by molar-refractivity contribution is 6.40. The number of benzene rings is 2. The Kier molecular flexibility index (Phi) is 4.75. The van der Waals surface area contributed by atoms with Crippen LogP contribution in [0.5, 0.6) is 17.2 Å². The molecule has 0 radical (unpaired) electrons. The lowest BCUT2D eigenvalue weighted by Crippen LogP contribution is -2.18. The Bertz CT molecular complexity index is 1050. The third-order valence-corrected chi connectivity index (χ3v) is 5.96. The summed E-state index contributed by atoms with van der Waals surface area (Å²) in [7, 11) is 0. The SMILES string of the molecule is Clc1ccc(Cl)c2c1c1c(n2CCOc2ccc3c(c2)OCO3)CCNCC1. The lowest BCUT2D eigenvalue weighted by molar-refractivity contribution is 0.173. The predicted molar refractivity (Wildman–Crippen MR) is 110 cm³/mol. The molecule has 2 aliphatic heterocycles. The van der Waals surface area contributed by atoms with Crippen LogP contribution >= 0.6 is 23.2 Å². The summed E-state index contributed by atoms with van der Waals surface area (Å²) in [6, 6.07) is 9.40. The van der Waals surface area contributed by atoms with Crippen LogP contribution in [0.25, 0.3) is 10.9 Å². The Labute approximate surface area is 173 Å². The topological polar surface area (TPSA) is 44.7 Å². The van der Waals surface area contributed by atoms with Crippen molar-refractivity contribution in [3.63, 3.8) is 0 Å². The molecule has 0 unspecified atom stereocenters. The average molecular weight is 419 g/mol. The molecule has 3 heterocycles. The molecule has 0 bridgehead atoms. The van der Waals surface area contributed by atoms with Gasteiger partial charge in [0.25, 0.3) is 0 Å². The first kappa shape index (κ1) is 18.0. The third kappa shape index (κ3) is 3.08. The van der Waals surface area contributed by atoms with Crippen LogP contribution in [0.2, 0.25) is 10.0 Å². The molecule has 3 aromatic rings. The molecule has 0 atom stereocenters. The number of halogens is 2. The number of ether oxygens (including phenoxy) is 3. The van der Waals surface area contributed by atoms with Gasteiger partial charge >= 0.3 is 0 Å². The molecule has 7 heteroatoms. The second kappa shape index (κ2) is 7.39. The molecule has 0 aliphatic carbocycles. The van der Waals surface area contributed by atoms with Gasteiger partial charge in [-0.3, -0.25) is 0 Å². The highest BCUT2D eigenvalue weighted by atomic mass is 35.5. The average Bonchev–Trinajstić information content (AvgIpc) is 3.20. The lowest BCUT2D eigenvalue weighted by Gasteiger charge is -2.13. The maximum atomic E-state index is 6.59. The molecule has 2 aromatic carbocycles. The fourth-order valence-electron chi connectivity index (χ4n) is 4.10. The standard InChI is InChI=1S/C21H20Cl2N2O3/c22-15-2-3-16(23)21-20(15)14-5-7-24-8-6-17(14)25(21)9-10-26-13-1-4-18-19(11-13)28-12-27-18/h1-4,11,24H,5-10,12H2. The van der Waals surface area contributed by atoms with Crippen LogP contribution in [0, 0.1) is 0 Å². The molecule has 146 valence electrons. The number of aromatic nitrogens is 1. The van der Waals surface area contributed by atoms with Gasteiger partial charge in [0.05, 0.1) is 22.1 Å². The van der Waals surface area contributed by atoms with Crippen LogP contribution in [0.3, 0.4) is 0 Å². The van der Waals surface area contributed by atoms with Crippen molar-refractivity contribution < 1.29 is 14.2 Å². The number of hydrogen-bond acceptors (Lipinski definition) is 4. The van der Waals surface area contributed by atoms with Gasteiger partial charge in [0, 0.05) is 30.1 Å². The third-order valence-electron chi connectivity index (χ3n) is 5.34. The largest absolute Gasteiger partial charge is 0.492 e. The zero-order chi connectivity index (χ0) is 19.1. The van der Waals surface area contributed by atoms with E-state index in [1.165, 1.54) is 11.3 Å². The molecule has 0 saturated carbocycles. The summed E-state index contributed by atoms with van der Waals surface area (Å²) >= 11 is 13.2. The quantitative estimate of drug-likeness (QED) is 0.679. The molecule has 28 heavy (non-hydrogen) atoms. The molecule has 1 N–H and O–H groups in total. The lowest BCUT2D eigenvalue weighted by atomic mass is 10.1. The summed E-state index contributed by atoms with van der Waals surface area (Å²) in [5, 5.41) is 6.03. The molecule has 0 fully saturated rings. The van der Waals surface area contributed by atoms with Crippen molar-refractivity contribution in [2.24, 2.45) is 0 Å². The van der Waals surface area contributed by atoms with E-state index in [1.807, 2.05) is 30.3 Å². The molecule has 5 nitrogen and oxygen atoms in total. The van der Waals surface area contributed by atoms with E-state index in [0.29, 0.717) is 13.2 Å². The Balaban J connectivity index is 1.45. The van der Waals surface area contributed by atoms with Crippen molar-refractivity contribution in [2.75, 3.05) is 26.5 Å². The Morgan fingerprint density at radius 3 is 2.75 bits per heavy atom. The highest BCUT2D eigenvalue weighted by Crippen LogP contribution is 2.38. The normalized spacial score (nSPS) is 15.5. The van der Waals surface area contributed by atoms with Gasteiger partial charge in [0.1, 0.15) is 12.4 Å². The van der Waals surface area contributed by atoms with Gasteiger partial charge in [-0.2, -0.15) is 0 Å². The Morgan fingerprint density at radius 2 is 1.82 bits per heavy atom. The fraction of sp³-hybridized carbons (Fsp3) is 0.333. The van der Waals surface area contributed by atoms with Crippen LogP contribution in [-0.2, 0) is 19.4 Å². The molecular formula is C21H20Cl2N2O3. The number of nitrogens with one attached hydrogen (secondary N) is 1. The molecule has 0 saturated heterocycles. The molecule has 0 spiro atoms. The number of nitrogens with zero attached hydrogens (tertiary/aromatic N) is 1. The summed E-state index contributed by atoms with van der Waals surface area (Å²) in [5.74, 6) is 2.24. The smallest absolute Gasteiger partial charge is 0.231 e. The number of fused-ring (bicyclic) bond motifs is 4. The summed E-state index contributed by atoms with van der Waals surface area (Å²) in [4.78, 5) is 0. The second-order valence-corrected chi connectivity index (χ2v) is 7.76. The van der Waals surface area contributed by atoms with E-state index in [4.69, 9.17) is 37.4 Å². The van der Waals surface area contributed by atoms with E-state index in [9.17, 15) is 0 Å². The predicted octanol–water partition coefficient (Wildman–Crippen LogP) is 4.44. The summed E-state index contributed by atoms with van der Waals surface area (Å²) in [5.41, 5.74) is 3.61. The van der Waals surface area contributed by atoms with Crippen molar-refractivity contribution in [2.45, 2.75) is 19.4 Å². The van der Waals surface area contributed by atoms with E-state index in [2.05, 4.69) is 9.88 Å². The zero-order valence-electron chi connectivity index (χ0n) is 15.3. The second-order valence-electron chi connectivity index (χ2n) is 6.94. The van der Waals surface area contributed by atoms with Gasteiger partial charge in [-0.05, 0) is 42.8 Å². The van der Waals surface area contributed by atoms with Crippen LogP contribution in [0.1, 0.15) is 11.3 Å². The summed E-state index contributed by atoms with van der Waals surface area (Å²) in [6.07, 6.45) is 1.89. The molecule has 0 amide bonds. The first-order valence-electron chi connectivity index (χ1n) is 9.43. The molecule has 1 aromatic heterocycles. The number of rotatable bonds is 4.